The Morgan fingerprint density at radius 3 is 2.81 bits per heavy atom. The van der Waals surface area contributed by atoms with Crippen molar-refractivity contribution in [3.05, 3.63) is 24.3 Å². The Bertz CT molecular complexity index is 384. The van der Waals surface area contributed by atoms with Crippen LogP contribution in [0.1, 0.15) is 26.7 Å². The number of hydrogen-bond donors (Lipinski definition) is 1. The molecule has 0 saturated carbocycles. The van der Waals surface area contributed by atoms with Gasteiger partial charge in [-0.1, -0.05) is 19.4 Å². The van der Waals surface area contributed by atoms with Gasteiger partial charge in [0.15, 0.2) is 0 Å². The summed E-state index contributed by atoms with van der Waals surface area (Å²) in [6.45, 7) is 3.98. The number of ether oxygens (including phenoxy) is 1. The first-order chi connectivity index (χ1) is 7.63. The van der Waals surface area contributed by atoms with Crippen molar-refractivity contribution in [3.63, 3.8) is 0 Å². The van der Waals surface area contributed by atoms with E-state index in [9.17, 15) is 0 Å². The van der Waals surface area contributed by atoms with Crippen LogP contribution >= 0.6 is 0 Å². The summed E-state index contributed by atoms with van der Waals surface area (Å²) < 4.78 is 5.14. The van der Waals surface area contributed by atoms with Crippen LogP contribution in [-0.2, 0) is 0 Å². The molecular weight excluding hydrogens is 200 g/mol. The zero-order valence-corrected chi connectivity index (χ0v) is 10.1. The molecule has 1 aromatic carbocycles. The molecule has 0 aromatic heterocycles. The van der Waals surface area contributed by atoms with Crippen molar-refractivity contribution < 1.29 is 4.74 Å². The lowest BCUT2D eigenvalue weighted by atomic mass is 9.98. The summed E-state index contributed by atoms with van der Waals surface area (Å²) in [4.78, 5) is 0. The summed E-state index contributed by atoms with van der Waals surface area (Å²) in [5, 5.41) is 12.4. The Labute approximate surface area is 97.0 Å². The van der Waals surface area contributed by atoms with Crippen molar-refractivity contribution in [1.29, 1.82) is 5.26 Å². The largest absolute Gasteiger partial charge is 0.497 e. The highest BCUT2D eigenvalue weighted by atomic mass is 16.5. The van der Waals surface area contributed by atoms with Gasteiger partial charge in [0.25, 0.3) is 0 Å². The molecule has 1 atom stereocenters. The maximum atomic E-state index is 9.16. The maximum absolute atomic E-state index is 9.16. The fraction of sp³-hybridized carbons (Fsp3) is 0.462. The van der Waals surface area contributed by atoms with E-state index in [0.29, 0.717) is 0 Å². The fourth-order valence-corrected chi connectivity index (χ4v) is 1.67. The van der Waals surface area contributed by atoms with Gasteiger partial charge in [0.05, 0.1) is 13.2 Å². The average molecular weight is 218 g/mol. The van der Waals surface area contributed by atoms with Gasteiger partial charge >= 0.3 is 0 Å². The Kier molecular flexibility index (Phi) is 4.19. The highest BCUT2D eigenvalue weighted by molar-refractivity contribution is 5.51. The number of nitriles is 1. The Hall–Kier alpha value is -1.69. The Morgan fingerprint density at radius 2 is 2.25 bits per heavy atom. The summed E-state index contributed by atoms with van der Waals surface area (Å²) in [5.74, 6) is 0.793. The van der Waals surface area contributed by atoms with Gasteiger partial charge in [0.2, 0.25) is 0 Å². The van der Waals surface area contributed by atoms with E-state index in [1.54, 1.807) is 7.11 Å². The van der Waals surface area contributed by atoms with E-state index in [-0.39, 0.29) is 0 Å². The lowest BCUT2D eigenvalue weighted by Crippen LogP contribution is -2.32. The molecule has 3 heteroatoms. The van der Waals surface area contributed by atoms with Gasteiger partial charge in [-0.05, 0) is 25.5 Å². The highest BCUT2D eigenvalue weighted by Gasteiger charge is 2.22. The third kappa shape index (κ3) is 3.16. The molecule has 1 rings (SSSR count). The van der Waals surface area contributed by atoms with E-state index in [1.807, 2.05) is 31.2 Å². The van der Waals surface area contributed by atoms with Gasteiger partial charge in [0.1, 0.15) is 11.3 Å². The summed E-state index contributed by atoms with van der Waals surface area (Å²) in [6, 6.07) is 9.94. The van der Waals surface area contributed by atoms with Gasteiger partial charge in [-0.3, -0.25) is 0 Å². The summed E-state index contributed by atoms with van der Waals surface area (Å²) in [5.41, 5.74) is 0.401. The van der Waals surface area contributed by atoms with Gasteiger partial charge in [-0.15, -0.1) is 0 Å². The molecule has 1 unspecified atom stereocenters. The molecule has 0 aliphatic carbocycles. The molecule has 16 heavy (non-hydrogen) atoms. The van der Waals surface area contributed by atoms with E-state index < -0.39 is 5.54 Å². The van der Waals surface area contributed by atoms with Gasteiger partial charge in [-0.2, -0.15) is 5.26 Å². The number of hydrogen-bond acceptors (Lipinski definition) is 3. The zero-order chi connectivity index (χ0) is 12.0. The van der Waals surface area contributed by atoms with Crippen LogP contribution < -0.4 is 10.1 Å². The second-order valence-corrected chi connectivity index (χ2v) is 4.05. The van der Waals surface area contributed by atoms with Gasteiger partial charge in [0, 0.05) is 11.8 Å². The number of benzene rings is 1. The molecule has 0 heterocycles. The average Bonchev–Trinajstić information content (AvgIpc) is 2.29. The zero-order valence-electron chi connectivity index (χ0n) is 10.1. The van der Waals surface area contributed by atoms with E-state index in [4.69, 9.17) is 10.00 Å². The van der Waals surface area contributed by atoms with Crippen LogP contribution in [-0.4, -0.2) is 12.6 Å². The summed E-state index contributed by atoms with van der Waals surface area (Å²) >= 11 is 0. The molecule has 86 valence electrons. The quantitative estimate of drug-likeness (QED) is 0.825. The second kappa shape index (κ2) is 5.41. The molecule has 0 bridgehead atoms. The predicted molar refractivity (Wildman–Crippen MR) is 65.5 cm³/mol. The molecule has 0 radical (unpaired) electrons. The minimum Gasteiger partial charge on any atom is -0.497 e. The minimum atomic E-state index is -0.513. The first-order valence-corrected chi connectivity index (χ1v) is 5.47. The molecule has 0 aliphatic heterocycles. The van der Waals surface area contributed by atoms with Gasteiger partial charge in [-0.25, -0.2) is 0 Å². The van der Waals surface area contributed by atoms with Gasteiger partial charge < -0.3 is 10.1 Å². The fourth-order valence-electron chi connectivity index (χ4n) is 1.67. The topological polar surface area (TPSA) is 45.0 Å². The van der Waals surface area contributed by atoms with Crippen LogP contribution in [0.15, 0.2) is 24.3 Å². The first-order valence-electron chi connectivity index (χ1n) is 5.47. The molecule has 0 aliphatic rings. The molecule has 1 N–H and O–H groups in total. The summed E-state index contributed by atoms with van der Waals surface area (Å²) in [7, 11) is 1.63. The van der Waals surface area contributed by atoms with Crippen LogP contribution in [0, 0.1) is 11.3 Å². The smallest absolute Gasteiger partial charge is 0.122 e. The Morgan fingerprint density at radius 1 is 1.50 bits per heavy atom. The predicted octanol–water partition coefficient (Wildman–Crippen LogP) is 3.19. The number of nitrogens with zero attached hydrogens (tertiary/aromatic N) is 1. The monoisotopic (exact) mass is 218 g/mol. The molecule has 0 amide bonds. The van der Waals surface area contributed by atoms with Crippen LogP contribution in [0.3, 0.4) is 0 Å². The minimum absolute atomic E-state index is 0.513. The first kappa shape index (κ1) is 12.4. The van der Waals surface area contributed by atoms with Crippen LogP contribution in [0.5, 0.6) is 5.75 Å². The van der Waals surface area contributed by atoms with E-state index in [2.05, 4.69) is 18.3 Å². The van der Waals surface area contributed by atoms with Crippen molar-refractivity contribution in [2.45, 2.75) is 32.2 Å². The lowest BCUT2D eigenvalue weighted by Gasteiger charge is -2.24. The molecular formula is C13H18N2O. The summed E-state index contributed by atoms with van der Waals surface area (Å²) in [6.07, 6.45) is 1.79. The number of anilines is 1. The Balaban J connectivity index is 2.82. The van der Waals surface area contributed by atoms with Crippen molar-refractivity contribution in [3.8, 4) is 11.8 Å². The second-order valence-electron chi connectivity index (χ2n) is 4.05. The van der Waals surface area contributed by atoms with Crippen molar-refractivity contribution >= 4 is 5.69 Å². The van der Waals surface area contributed by atoms with E-state index in [1.165, 1.54) is 0 Å². The molecule has 0 fully saturated rings. The SMILES string of the molecule is CCCC(C)(C#N)Nc1cccc(OC)c1. The van der Waals surface area contributed by atoms with Crippen molar-refractivity contribution in [2.75, 3.05) is 12.4 Å². The van der Waals surface area contributed by atoms with Crippen molar-refractivity contribution in [1.82, 2.24) is 0 Å². The molecule has 0 spiro atoms. The highest BCUT2D eigenvalue weighted by Crippen LogP contribution is 2.22. The molecule has 0 saturated heterocycles. The third-order valence-electron chi connectivity index (χ3n) is 2.49. The van der Waals surface area contributed by atoms with Crippen LogP contribution in [0.2, 0.25) is 0 Å². The number of nitrogens with one attached hydrogen (secondary N) is 1. The van der Waals surface area contributed by atoms with E-state index in [0.717, 1.165) is 24.3 Å². The third-order valence-corrected chi connectivity index (χ3v) is 2.49. The van der Waals surface area contributed by atoms with E-state index >= 15 is 0 Å². The van der Waals surface area contributed by atoms with Crippen LogP contribution in [0.25, 0.3) is 0 Å². The number of rotatable bonds is 5. The maximum Gasteiger partial charge on any atom is 0.122 e. The standard InChI is InChI=1S/C13H18N2O/c1-4-8-13(2,10-14)15-11-6-5-7-12(9-11)16-3/h5-7,9,15H,4,8H2,1-3H3. The van der Waals surface area contributed by atoms with Crippen molar-refractivity contribution in [2.24, 2.45) is 0 Å². The van der Waals surface area contributed by atoms with Crippen LogP contribution in [0.4, 0.5) is 5.69 Å². The molecule has 1 aromatic rings. The lowest BCUT2D eigenvalue weighted by molar-refractivity contribution is 0.415. The number of methoxy groups -OCH3 is 1. The normalized spacial score (nSPS) is 13.6. The molecule has 3 nitrogen and oxygen atoms in total.